The molecule has 0 unspecified atom stereocenters. The molecule has 0 aliphatic carbocycles. The summed E-state index contributed by atoms with van der Waals surface area (Å²) in [7, 11) is 0. The van der Waals surface area contributed by atoms with E-state index in [9.17, 15) is 0 Å². The molecule has 0 saturated heterocycles. The van der Waals surface area contributed by atoms with Gasteiger partial charge >= 0.3 is 0 Å². The van der Waals surface area contributed by atoms with Crippen molar-refractivity contribution in [2.75, 3.05) is 0 Å². The van der Waals surface area contributed by atoms with Gasteiger partial charge in [-0.3, -0.25) is 4.40 Å². The number of hydrogen-bond donors (Lipinski definition) is 1. The minimum atomic E-state index is 0.508. The summed E-state index contributed by atoms with van der Waals surface area (Å²) >= 11 is 3.53. The van der Waals surface area contributed by atoms with Crippen LogP contribution in [0.1, 0.15) is 5.56 Å². The largest absolute Gasteiger partial charge is 0.326 e. The zero-order valence-electron chi connectivity index (χ0n) is 9.55. The Hall–Kier alpha value is -1.72. The molecule has 18 heavy (non-hydrogen) atoms. The zero-order chi connectivity index (χ0) is 12.5. The Kier molecular flexibility index (Phi) is 2.85. The lowest BCUT2D eigenvalue weighted by atomic mass is 10.2. The van der Waals surface area contributed by atoms with Gasteiger partial charge < -0.3 is 5.73 Å². The fraction of sp³-hybridized carbons (Fsp3) is 0.0769. The molecule has 4 nitrogen and oxygen atoms in total. The highest BCUT2D eigenvalue weighted by molar-refractivity contribution is 9.10. The van der Waals surface area contributed by atoms with Crippen LogP contribution in [0, 0.1) is 0 Å². The van der Waals surface area contributed by atoms with Crippen LogP contribution >= 0.6 is 15.9 Å². The topological polar surface area (TPSA) is 56.2 Å². The number of fused-ring (bicyclic) bond motifs is 1. The first kappa shape index (κ1) is 11.4. The molecular weight excluding hydrogens is 292 g/mol. The quantitative estimate of drug-likeness (QED) is 0.792. The van der Waals surface area contributed by atoms with Crippen LogP contribution in [0.5, 0.6) is 0 Å². The molecule has 0 amide bonds. The number of hydrogen-bond acceptors (Lipinski definition) is 3. The van der Waals surface area contributed by atoms with Crippen molar-refractivity contribution in [2.45, 2.75) is 6.54 Å². The molecule has 0 atom stereocenters. The molecule has 1 aromatic carbocycles. The lowest BCUT2D eigenvalue weighted by Gasteiger charge is -2.03. The number of rotatable bonds is 2. The molecule has 2 aromatic heterocycles. The Bertz CT molecular complexity index is 705. The first-order valence-electron chi connectivity index (χ1n) is 5.58. The van der Waals surface area contributed by atoms with Crippen LogP contribution in [-0.4, -0.2) is 14.6 Å². The van der Waals surface area contributed by atoms with E-state index in [-0.39, 0.29) is 0 Å². The van der Waals surface area contributed by atoms with Gasteiger partial charge in [0.2, 0.25) is 0 Å². The summed E-state index contributed by atoms with van der Waals surface area (Å²) in [4.78, 5) is 0. The predicted molar refractivity (Wildman–Crippen MR) is 74.0 cm³/mol. The summed E-state index contributed by atoms with van der Waals surface area (Å²) in [5.74, 6) is 0.820. The second kappa shape index (κ2) is 4.51. The monoisotopic (exact) mass is 302 g/mol. The molecule has 3 rings (SSSR count). The SMILES string of the molecule is NCc1ccn2c(-c3ccccc3Br)nnc2c1. The minimum Gasteiger partial charge on any atom is -0.326 e. The highest BCUT2D eigenvalue weighted by atomic mass is 79.9. The number of benzene rings is 1. The number of aromatic nitrogens is 3. The molecule has 0 radical (unpaired) electrons. The molecular formula is C13H11BrN4. The molecule has 0 spiro atoms. The maximum absolute atomic E-state index is 5.62. The molecule has 3 aromatic rings. The summed E-state index contributed by atoms with van der Waals surface area (Å²) in [6.45, 7) is 0.508. The summed E-state index contributed by atoms with van der Waals surface area (Å²) in [6.07, 6.45) is 1.95. The Morgan fingerprint density at radius 2 is 2.00 bits per heavy atom. The van der Waals surface area contributed by atoms with E-state index in [2.05, 4.69) is 26.1 Å². The van der Waals surface area contributed by atoms with Gasteiger partial charge in [0.25, 0.3) is 0 Å². The van der Waals surface area contributed by atoms with E-state index in [1.165, 1.54) is 0 Å². The van der Waals surface area contributed by atoms with Crippen molar-refractivity contribution in [1.29, 1.82) is 0 Å². The summed E-state index contributed by atoms with van der Waals surface area (Å²) in [5.41, 5.74) is 8.50. The standard InChI is InChI=1S/C13H11BrN4/c14-11-4-2-1-3-10(11)13-17-16-12-7-9(8-15)5-6-18(12)13/h1-7H,8,15H2. The predicted octanol–water partition coefficient (Wildman–Crippen LogP) is 2.62. The highest BCUT2D eigenvalue weighted by Crippen LogP contribution is 2.26. The Morgan fingerprint density at radius 3 is 2.78 bits per heavy atom. The van der Waals surface area contributed by atoms with Crippen LogP contribution < -0.4 is 5.73 Å². The maximum atomic E-state index is 5.62. The van der Waals surface area contributed by atoms with E-state index in [0.29, 0.717) is 6.54 Å². The van der Waals surface area contributed by atoms with Gasteiger partial charge in [-0.2, -0.15) is 0 Å². The number of nitrogens with two attached hydrogens (primary N) is 1. The van der Waals surface area contributed by atoms with Crippen molar-refractivity contribution in [3.63, 3.8) is 0 Å². The molecule has 90 valence electrons. The third kappa shape index (κ3) is 1.81. The Labute approximate surface area is 113 Å². The van der Waals surface area contributed by atoms with E-state index in [0.717, 1.165) is 27.1 Å². The van der Waals surface area contributed by atoms with Crippen LogP contribution in [-0.2, 0) is 6.54 Å². The average molecular weight is 303 g/mol. The van der Waals surface area contributed by atoms with Crippen LogP contribution in [0.3, 0.4) is 0 Å². The normalized spacial score (nSPS) is 11.0. The highest BCUT2D eigenvalue weighted by Gasteiger charge is 2.10. The smallest absolute Gasteiger partial charge is 0.169 e. The number of nitrogens with zero attached hydrogens (tertiary/aromatic N) is 3. The zero-order valence-corrected chi connectivity index (χ0v) is 11.1. The van der Waals surface area contributed by atoms with Crippen molar-refractivity contribution in [3.05, 3.63) is 52.6 Å². The van der Waals surface area contributed by atoms with E-state index < -0.39 is 0 Å². The Morgan fingerprint density at radius 1 is 1.17 bits per heavy atom. The van der Waals surface area contributed by atoms with Gasteiger partial charge in [0, 0.05) is 22.8 Å². The summed E-state index contributed by atoms with van der Waals surface area (Å²) < 4.78 is 2.96. The summed E-state index contributed by atoms with van der Waals surface area (Å²) in [6, 6.07) is 11.9. The van der Waals surface area contributed by atoms with Crippen LogP contribution in [0.25, 0.3) is 17.0 Å². The molecule has 0 bridgehead atoms. The molecule has 5 heteroatoms. The molecule has 0 saturated carbocycles. The van der Waals surface area contributed by atoms with Crippen LogP contribution in [0.2, 0.25) is 0 Å². The second-order valence-electron chi connectivity index (χ2n) is 3.97. The minimum absolute atomic E-state index is 0.508. The van der Waals surface area contributed by atoms with Gasteiger partial charge in [0.15, 0.2) is 11.5 Å². The third-order valence-electron chi connectivity index (χ3n) is 2.82. The number of halogens is 1. The first-order valence-corrected chi connectivity index (χ1v) is 6.37. The fourth-order valence-corrected chi connectivity index (χ4v) is 2.35. The van der Waals surface area contributed by atoms with Gasteiger partial charge in [-0.1, -0.05) is 34.1 Å². The van der Waals surface area contributed by atoms with E-state index in [4.69, 9.17) is 5.73 Å². The van der Waals surface area contributed by atoms with Crippen molar-refractivity contribution in [3.8, 4) is 11.4 Å². The molecule has 2 heterocycles. The second-order valence-corrected chi connectivity index (χ2v) is 4.83. The van der Waals surface area contributed by atoms with Gasteiger partial charge in [-0.05, 0) is 23.8 Å². The van der Waals surface area contributed by atoms with Crippen molar-refractivity contribution in [1.82, 2.24) is 14.6 Å². The van der Waals surface area contributed by atoms with E-state index in [1.54, 1.807) is 0 Å². The van der Waals surface area contributed by atoms with Gasteiger partial charge in [0.1, 0.15) is 0 Å². The first-order chi connectivity index (χ1) is 8.79. The number of pyridine rings is 1. The summed E-state index contributed by atoms with van der Waals surface area (Å²) in [5, 5.41) is 8.43. The van der Waals surface area contributed by atoms with Gasteiger partial charge in [-0.15, -0.1) is 10.2 Å². The van der Waals surface area contributed by atoms with Crippen LogP contribution in [0.4, 0.5) is 0 Å². The lowest BCUT2D eigenvalue weighted by Crippen LogP contribution is -1.97. The third-order valence-corrected chi connectivity index (χ3v) is 3.52. The lowest BCUT2D eigenvalue weighted by molar-refractivity contribution is 1.05. The van der Waals surface area contributed by atoms with Gasteiger partial charge in [0.05, 0.1) is 0 Å². The van der Waals surface area contributed by atoms with Crippen molar-refractivity contribution < 1.29 is 0 Å². The molecule has 2 N–H and O–H groups in total. The van der Waals surface area contributed by atoms with E-state index in [1.807, 2.05) is 47.0 Å². The average Bonchev–Trinajstić information content (AvgIpc) is 2.82. The van der Waals surface area contributed by atoms with E-state index >= 15 is 0 Å². The fourth-order valence-electron chi connectivity index (χ4n) is 1.89. The van der Waals surface area contributed by atoms with Gasteiger partial charge in [-0.25, -0.2) is 0 Å². The molecule has 0 fully saturated rings. The van der Waals surface area contributed by atoms with Crippen molar-refractivity contribution >= 4 is 21.6 Å². The molecule has 0 aliphatic rings. The molecule has 0 aliphatic heterocycles. The van der Waals surface area contributed by atoms with Crippen LogP contribution in [0.15, 0.2) is 47.1 Å². The van der Waals surface area contributed by atoms with Crippen molar-refractivity contribution in [2.24, 2.45) is 5.73 Å². The Balaban J connectivity index is 2.22. The maximum Gasteiger partial charge on any atom is 0.169 e.